The van der Waals surface area contributed by atoms with E-state index in [9.17, 15) is 9.59 Å². The van der Waals surface area contributed by atoms with Gasteiger partial charge < -0.3 is 15.3 Å². The lowest BCUT2D eigenvalue weighted by molar-refractivity contribution is -0.146. The van der Waals surface area contributed by atoms with E-state index in [-0.39, 0.29) is 12.6 Å². The topological polar surface area (TPSA) is 69.6 Å². The van der Waals surface area contributed by atoms with Gasteiger partial charge in [-0.3, -0.25) is 4.79 Å². The Balaban J connectivity index is 2.40. The molecule has 0 aliphatic carbocycles. The van der Waals surface area contributed by atoms with Crippen LogP contribution in [0.3, 0.4) is 0 Å². The van der Waals surface area contributed by atoms with Crippen LogP contribution >= 0.6 is 0 Å². The number of carbonyl (C=O) groups excluding carboxylic acids is 1. The first-order valence-corrected chi connectivity index (χ1v) is 6.20. The molecule has 0 aromatic rings. The molecule has 0 aromatic heterocycles. The molecule has 1 aliphatic rings. The quantitative estimate of drug-likeness (QED) is 0.791. The van der Waals surface area contributed by atoms with Crippen LogP contribution < -0.4 is 5.32 Å². The van der Waals surface area contributed by atoms with Crippen LogP contribution in [-0.2, 0) is 4.79 Å². The summed E-state index contributed by atoms with van der Waals surface area (Å²) < 4.78 is 0. The van der Waals surface area contributed by atoms with Gasteiger partial charge in [-0.1, -0.05) is 12.8 Å². The second-order valence-electron chi connectivity index (χ2n) is 5.25. The van der Waals surface area contributed by atoms with E-state index in [1.54, 1.807) is 18.7 Å². The first-order valence-electron chi connectivity index (χ1n) is 6.20. The van der Waals surface area contributed by atoms with E-state index in [2.05, 4.69) is 5.32 Å². The van der Waals surface area contributed by atoms with Gasteiger partial charge in [-0.2, -0.15) is 0 Å². The number of urea groups is 1. The van der Waals surface area contributed by atoms with Crippen LogP contribution in [0.25, 0.3) is 0 Å². The third-order valence-electron chi connectivity index (χ3n) is 3.15. The van der Waals surface area contributed by atoms with Crippen LogP contribution in [0.2, 0.25) is 0 Å². The van der Waals surface area contributed by atoms with Gasteiger partial charge in [0.15, 0.2) is 0 Å². The lowest BCUT2D eigenvalue weighted by Crippen LogP contribution is -2.45. The number of likely N-dealkylation sites (tertiary alicyclic amines) is 1. The average Bonchev–Trinajstić information content (AvgIpc) is 2.54. The summed E-state index contributed by atoms with van der Waals surface area (Å²) in [5.41, 5.74) is -0.915. The molecule has 5 nitrogen and oxygen atoms in total. The van der Waals surface area contributed by atoms with Gasteiger partial charge in [0, 0.05) is 19.6 Å². The molecule has 98 valence electrons. The molecule has 0 saturated carbocycles. The third kappa shape index (κ3) is 4.24. The number of amides is 2. The summed E-state index contributed by atoms with van der Waals surface area (Å²) in [6, 6.07) is -0.138. The highest BCUT2D eigenvalue weighted by molar-refractivity contribution is 5.77. The molecular weight excluding hydrogens is 220 g/mol. The Morgan fingerprint density at radius 1 is 1.18 bits per heavy atom. The predicted octanol–water partition coefficient (Wildman–Crippen LogP) is 1.68. The van der Waals surface area contributed by atoms with Gasteiger partial charge in [0.05, 0.1) is 5.41 Å². The molecule has 0 aromatic carbocycles. The number of hydrogen-bond donors (Lipinski definition) is 2. The van der Waals surface area contributed by atoms with Crippen molar-refractivity contribution in [2.24, 2.45) is 5.41 Å². The summed E-state index contributed by atoms with van der Waals surface area (Å²) in [6.07, 6.45) is 4.42. The summed E-state index contributed by atoms with van der Waals surface area (Å²) in [6.45, 7) is 4.94. The van der Waals surface area contributed by atoms with Crippen molar-refractivity contribution >= 4 is 12.0 Å². The van der Waals surface area contributed by atoms with Crippen molar-refractivity contribution in [3.8, 4) is 0 Å². The maximum Gasteiger partial charge on any atom is 0.317 e. The fraction of sp³-hybridized carbons (Fsp3) is 0.833. The van der Waals surface area contributed by atoms with E-state index in [0.717, 1.165) is 25.9 Å². The second-order valence-corrected chi connectivity index (χ2v) is 5.25. The molecule has 0 radical (unpaired) electrons. The SMILES string of the molecule is CC(C)(CNC(=O)N1CCCCCC1)C(=O)O. The van der Waals surface area contributed by atoms with E-state index in [1.807, 2.05) is 0 Å². The number of carboxylic acid groups (broad SMARTS) is 1. The number of hydrogen-bond acceptors (Lipinski definition) is 2. The number of nitrogens with one attached hydrogen (secondary N) is 1. The average molecular weight is 242 g/mol. The van der Waals surface area contributed by atoms with Crippen molar-refractivity contribution < 1.29 is 14.7 Å². The molecule has 1 heterocycles. The highest BCUT2D eigenvalue weighted by Gasteiger charge is 2.28. The summed E-state index contributed by atoms with van der Waals surface area (Å²) in [5.74, 6) is -0.895. The molecule has 17 heavy (non-hydrogen) atoms. The Morgan fingerprint density at radius 3 is 2.18 bits per heavy atom. The van der Waals surface area contributed by atoms with Crippen LogP contribution in [0.1, 0.15) is 39.5 Å². The second kappa shape index (κ2) is 5.89. The molecule has 2 amide bonds. The fourth-order valence-corrected chi connectivity index (χ4v) is 1.76. The predicted molar refractivity (Wildman–Crippen MR) is 64.9 cm³/mol. The Labute approximate surface area is 102 Å². The molecule has 1 aliphatic heterocycles. The van der Waals surface area contributed by atoms with Gasteiger partial charge in [-0.25, -0.2) is 4.79 Å². The van der Waals surface area contributed by atoms with Crippen molar-refractivity contribution in [2.45, 2.75) is 39.5 Å². The van der Waals surface area contributed by atoms with Crippen molar-refractivity contribution in [3.63, 3.8) is 0 Å². The standard InChI is InChI=1S/C12H22N2O3/c1-12(2,10(15)16)9-13-11(17)14-7-5-3-4-6-8-14/h3-9H2,1-2H3,(H,13,17)(H,15,16). The molecule has 1 rings (SSSR count). The van der Waals surface area contributed by atoms with E-state index in [4.69, 9.17) is 5.11 Å². The minimum absolute atomic E-state index is 0.138. The van der Waals surface area contributed by atoms with Gasteiger partial charge in [0.25, 0.3) is 0 Å². The zero-order valence-corrected chi connectivity index (χ0v) is 10.7. The van der Waals surface area contributed by atoms with Crippen molar-refractivity contribution in [2.75, 3.05) is 19.6 Å². The largest absolute Gasteiger partial charge is 0.481 e. The lowest BCUT2D eigenvalue weighted by Gasteiger charge is -2.24. The van der Waals surface area contributed by atoms with Gasteiger partial charge in [0.1, 0.15) is 0 Å². The number of nitrogens with zero attached hydrogens (tertiary/aromatic N) is 1. The van der Waals surface area contributed by atoms with E-state index in [1.165, 1.54) is 12.8 Å². The van der Waals surface area contributed by atoms with Crippen LogP contribution in [0.4, 0.5) is 4.79 Å². The van der Waals surface area contributed by atoms with E-state index < -0.39 is 11.4 Å². The molecule has 1 saturated heterocycles. The Bertz CT molecular complexity index is 281. The van der Waals surface area contributed by atoms with Gasteiger partial charge in [-0.15, -0.1) is 0 Å². The molecule has 0 spiro atoms. The first kappa shape index (κ1) is 13.8. The number of rotatable bonds is 3. The summed E-state index contributed by atoms with van der Waals surface area (Å²) in [4.78, 5) is 24.5. The molecule has 0 bridgehead atoms. The first-order chi connectivity index (χ1) is 7.93. The minimum Gasteiger partial charge on any atom is -0.481 e. The molecular formula is C12H22N2O3. The van der Waals surface area contributed by atoms with Crippen LogP contribution in [0, 0.1) is 5.41 Å². The number of carboxylic acids is 1. The van der Waals surface area contributed by atoms with E-state index >= 15 is 0 Å². The number of carbonyl (C=O) groups is 2. The van der Waals surface area contributed by atoms with Crippen molar-refractivity contribution in [1.29, 1.82) is 0 Å². The molecule has 5 heteroatoms. The summed E-state index contributed by atoms with van der Waals surface area (Å²) in [7, 11) is 0. The van der Waals surface area contributed by atoms with Crippen molar-refractivity contribution in [3.05, 3.63) is 0 Å². The molecule has 1 fully saturated rings. The highest BCUT2D eigenvalue weighted by Crippen LogP contribution is 2.14. The summed E-state index contributed by atoms with van der Waals surface area (Å²) >= 11 is 0. The van der Waals surface area contributed by atoms with E-state index in [0.29, 0.717) is 0 Å². The molecule has 2 N–H and O–H groups in total. The monoisotopic (exact) mass is 242 g/mol. The smallest absolute Gasteiger partial charge is 0.317 e. The van der Waals surface area contributed by atoms with Gasteiger partial charge >= 0.3 is 12.0 Å². The maximum absolute atomic E-state index is 11.8. The van der Waals surface area contributed by atoms with Gasteiger partial charge in [0.2, 0.25) is 0 Å². The van der Waals surface area contributed by atoms with Crippen LogP contribution in [0.5, 0.6) is 0 Å². The normalized spacial score (nSPS) is 17.4. The lowest BCUT2D eigenvalue weighted by atomic mass is 9.94. The molecule has 0 atom stereocenters. The minimum atomic E-state index is -0.915. The zero-order valence-electron chi connectivity index (χ0n) is 10.7. The maximum atomic E-state index is 11.8. The van der Waals surface area contributed by atoms with Crippen LogP contribution in [-0.4, -0.2) is 41.6 Å². The fourth-order valence-electron chi connectivity index (χ4n) is 1.76. The molecule has 0 unspecified atom stereocenters. The third-order valence-corrected chi connectivity index (χ3v) is 3.15. The van der Waals surface area contributed by atoms with Crippen LogP contribution in [0.15, 0.2) is 0 Å². The highest BCUT2D eigenvalue weighted by atomic mass is 16.4. The zero-order chi connectivity index (χ0) is 12.9. The Kier molecular flexibility index (Phi) is 4.78. The van der Waals surface area contributed by atoms with Gasteiger partial charge in [-0.05, 0) is 26.7 Å². The number of aliphatic carboxylic acids is 1. The Morgan fingerprint density at radius 2 is 1.71 bits per heavy atom. The Hall–Kier alpha value is -1.26. The summed E-state index contributed by atoms with van der Waals surface area (Å²) in [5, 5.41) is 11.7. The van der Waals surface area contributed by atoms with Crippen molar-refractivity contribution in [1.82, 2.24) is 10.2 Å².